The van der Waals surface area contributed by atoms with Gasteiger partial charge in [-0.05, 0) is 30.5 Å². The summed E-state index contributed by atoms with van der Waals surface area (Å²) in [7, 11) is 1.45. The number of halogens is 3. The van der Waals surface area contributed by atoms with Crippen molar-refractivity contribution in [1.82, 2.24) is 4.90 Å². The summed E-state index contributed by atoms with van der Waals surface area (Å²) >= 11 is 0. The molecule has 0 aliphatic carbocycles. The first-order chi connectivity index (χ1) is 12.8. The summed E-state index contributed by atoms with van der Waals surface area (Å²) in [6, 6.07) is 10.4. The summed E-state index contributed by atoms with van der Waals surface area (Å²) in [6.07, 6.45) is -3.54. The third kappa shape index (κ3) is 3.78. The summed E-state index contributed by atoms with van der Waals surface area (Å²) in [6.45, 7) is 0.395. The molecule has 0 aromatic heterocycles. The molecule has 2 atom stereocenters. The quantitative estimate of drug-likeness (QED) is 0.839. The number of carboxylic acid groups (broad SMARTS) is 1. The molecule has 2 aromatic rings. The highest BCUT2D eigenvalue weighted by Gasteiger charge is 2.42. The van der Waals surface area contributed by atoms with Crippen LogP contribution in [0.15, 0.2) is 48.5 Å². The Kier molecular flexibility index (Phi) is 5.41. The Labute approximate surface area is 155 Å². The fourth-order valence-electron chi connectivity index (χ4n) is 3.77. The molecule has 0 amide bonds. The number of carboxylic acids is 1. The number of carbonyl (C=O) groups is 1. The van der Waals surface area contributed by atoms with Crippen molar-refractivity contribution in [1.29, 1.82) is 0 Å². The first-order valence-electron chi connectivity index (χ1n) is 8.62. The number of ether oxygens (including phenoxy) is 1. The molecule has 0 radical (unpaired) electrons. The molecule has 144 valence electrons. The first-order valence-corrected chi connectivity index (χ1v) is 8.62. The highest BCUT2D eigenvalue weighted by atomic mass is 19.4. The molecule has 1 aliphatic heterocycles. The van der Waals surface area contributed by atoms with Crippen molar-refractivity contribution in [2.45, 2.75) is 31.1 Å². The number of likely N-dealkylation sites (tertiary alicyclic amines) is 1. The van der Waals surface area contributed by atoms with E-state index in [1.54, 1.807) is 35.2 Å². The van der Waals surface area contributed by atoms with E-state index in [0.717, 1.165) is 6.07 Å². The van der Waals surface area contributed by atoms with Crippen LogP contribution in [0.5, 0.6) is 5.75 Å². The third-order valence-electron chi connectivity index (χ3n) is 4.91. The first kappa shape index (κ1) is 19.2. The minimum Gasteiger partial charge on any atom is -0.496 e. The Morgan fingerprint density at radius 2 is 1.78 bits per heavy atom. The Balaban J connectivity index is 2.22. The van der Waals surface area contributed by atoms with Gasteiger partial charge in [0.15, 0.2) is 0 Å². The molecule has 1 N–H and O–H groups in total. The van der Waals surface area contributed by atoms with Gasteiger partial charge < -0.3 is 9.84 Å². The van der Waals surface area contributed by atoms with Gasteiger partial charge in [0, 0.05) is 12.1 Å². The molecule has 0 bridgehead atoms. The van der Waals surface area contributed by atoms with E-state index in [9.17, 15) is 23.1 Å². The lowest BCUT2D eigenvalue weighted by atomic mass is 9.91. The molecular weight excluding hydrogens is 359 g/mol. The maximum Gasteiger partial charge on any atom is 0.416 e. The van der Waals surface area contributed by atoms with Crippen LogP contribution < -0.4 is 4.74 Å². The lowest BCUT2D eigenvalue weighted by Crippen LogP contribution is -2.40. The topological polar surface area (TPSA) is 49.8 Å². The second-order valence-corrected chi connectivity index (χ2v) is 6.46. The van der Waals surface area contributed by atoms with Crippen molar-refractivity contribution in [3.63, 3.8) is 0 Å². The van der Waals surface area contributed by atoms with Crippen LogP contribution in [0.2, 0.25) is 0 Å². The van der Waals surface area contributed by atoms with Crippen molar-refractivity contribution in [3.8, 4) is 5.75 Å². The number of methoxy groups -OCH3 is 1. The van der Waals surface area contributed by atoms with Crippen LogP contribution >= 0.6 is 0 Å². The predicted octanol–water partition coefficient (Wildman–Crippen LogP) is 4.35. The Morgan fingerprint density at radius 3 is 2.41 bits per heavy atom. The second-order valence-electron chi connectivity index (χ2n) is 6.46. The summed E-state index contributed by atoms with van der Waals surface area (Å²) in [5.41, 5.74) is -0.218. The number of rotatable bonds is 5. The normalized spacial score (nSPS) is 19.0. The number of aliphatic carboxylic acids is 1. The van der Waals surface area contributed by atoms with Crippen molar-refractivity contribution in [3.05, 3.63) is 65.2 Å². The van der Waals surface area contributed by atoms with Gasteiger partial charge in [0.1, 0.15) is 11.8 Å². The molecule has 0 spiro atoms. The van der Waals surface area contributed by atoms with Gasteiger partial charge in [-0.15, -0.1) is 0 Å². The van der Waals surface area contributed by atoms with Crippen molar-refractivity contribution in [2.24, 2.45) is 0 Å². The van der Waals surface area contributed by atoms with Crippen LogP contribution in [0, 0.1) is 0 Å². The van der Waals surface area contributed by atoms with Crippen molar-refractivity contribution in [2.75, 3.05) is 13.7 Å². The smallest absolute Gasteiger partial charge is 0.416 e. The molecule has 1 heterocycles. The van der Waals surface area contributed by atoms with E-state index in [-0.39, 0.29) is 5.56 Å². The molecule has 0 saturated carbocycles. The average molecular weight is 379 g/mol. The van der Waals surface area contributed by atoms with Crippen LogP contribution in [-0.4, -0.2) is 35.7 Å². The number of nitrogens with zero attached hydrogens (tertiary/aromatic N) is 1. The van der Waals surface area contributed by atoms with Crippen molar-refractivity contribution < 1.29 is 27.8 Å². The molecule has 3 rings (SSSR count). The second kappa shape index (κ2) is 7.60. The van der Waals surface area contributed by atoms with Crippen LogP contribution in [0.25, 0.3) is 0 Å². The van der Waals surface area contributed by atoms with Crippen LogP contribution in [0.3, 0.4) is 0 Å². The molecule has 2 unspecified atom stereocenters. The van der Waals surface area contributed by atoms with E-state index in [1.165, 1.54) is 19.2 Å². The van der Waals surface area contributed by atoms with Crippen LogP contribution in [0.1, 0.15) is 35.6 Å². The largest absolute Gasteiger partial charge is 0.496 e. The van der Waals surface area contributed by atoms with E-state index in [2.05, 4.69) is 0 Å². The monoisotopic (exact) mass is 379 g/mol. The maximum absolute atomic E-state index is 13.7. The van der Waals surface area contributed by atoms with Gasteiger partial charge in [-0.3, -0.25) is 9.69 Å². The highest BCUT2D eigenvalue weighted by molar-refractivity contribution is 5.74. The standard InChI is InChI=1S/C20H20F3NO3/c1-27-17-11-5-3-8-14(17)18(24-12-6-10-16(24)19(25)26)13-7-2-4-9-15(13)20(21,22)23/h2-5,7-9,11,16,18H,6,10,12H2,1H3,(H,25,26). The van der Waals surface area contributed by atoms with E-state index >= 15 is 0 Å². The Bertz CT molecular complexity index is 822. The molecule has 4 nitrogen and oxygen atoms in total. The zero-order valence-corrected chi connectivity index (χ0v) is 14.7. The predicted molar refractivity (Wildman–Crippen MR) is 93.6 cm³/mol. The van der Waals surface area contributed by atoms with E-state index in [4.69, 9.17) is 4.74 Å². The fourth-order valence-corrected chi connectivity index (χ4v) is 3.77. The lowest BCUT2D eigenvalue weighted by Gasteiger charge is -2.34. The van der Waals surface area contributed by atoms with Gasteiger partial charge in [-0.25, -0.2) is 0 Å². The van der Waals surface area contributed by atoms with Gasteiger partial charge >= 0.3 is 12.1 Å². The van der Waals surface area contributed by atoms with Gasteiger partial charge in [0.25, 0.3) is 0 Å². The van der Waals surface area contributed by atoms with E-state index in [0.29, 0.717) is 30.7 Å². The van der Waals surface area contributed by atoms with Gasteiger partial charge in [-0.1, -0.05) is 36.4 Å². The minimum absolute atomic E-state index is 0.0302. The van der Waals surface area contributed by atoms with Crippen LogP contribution in [0.4, 0.5) is 13.2 Å². The minimum atomic E-state index is -4.55. The van der Waals surface area contributed by atoms with Gasteiger partial charge in [0.2, 0.25) is 0 Å². The highest BCUT2D eigenvalue weighted by Crippen LogP contribution is 2.43. The summed E-state index contributed by atoms with van der Waals surface area (Å²) in [4.78, 5) is 13.3. The number of alkyl halides is 3. The summed E-state index contributed by atoms with van der Waals surface area (Å²) in [5, 5.41) is 9.59. The molecule has 1 fully saturated rings. The molecule has 7 heteroatoms. The lowest BCUT2D eigenvalue weighted by molar-refractivity contribution is -0.143. The van der Waals surface area contributed by atoms with Gasteiger partial charge in [-0.2, -0.15) is 13.2 Å². The summed E-state index contributed by atoms with van der Waals surface area (Å²) < 4.78 is 46.4. The molecular formula is C20H20F3NO3. The SMILES string of the molecule is COc1ccccc1C(c1ccccc1C(F)(F)F)N1CCCC1C(=O)O. The zero-order valence-electron chi connectivity index (χ0n) is 14.7. The van der Waals surface area contributed by atoms with Crippen LogP contribution in [-0.2, 0) is 11.0 Å². The number of hydrogen-bond acceptors (Lipinski definition) is 3. The molecule has 1 saturated heterocycles. The summed E-state index contributed by atoms with van der Waals surface area (Å²) in [5.74, 6) is -0.604. The maximum atomic E-state index is 13.7. The molecule has 27 heavy (non-hydrogen) atoms. The molecule has 2 aromatic carbocycles. The number of para-hydroxylation sites is 1. The zero-order chi connectivity index (χ0) is 19.6. The average Bonchev–Trinajstić information content (AvgIpc) is 3.12. The van der Waals surface area contributed by atoms with Crippen molar-refractivity contribution >= 4 is 5.97 Å². The fraction of sp³-hybridized carbons (Fsp3) is 0.350. The van der Waals surface area contributed by atoms with E-state index < -0.39 is 29.8 Å². The van der Waals surface area contributed by atoms with E-state index in [1.807, 2.05) is 0 Å². The molecule has 1 aliphatic rings. The Hall–Kier alpha value is -2.54. The number of benzene rings is 2. The van der Waals surface area contributed by atoms with Gasteiger partial charge in [0.05, 0.1) is 18.7 Å². The number of hydrogen-bond donors (Lipinski definition) is 1. The Morgan fingerprint density at radius 1 is 1.15 bits per heavy atom. The third-order valence-corrected chi connectivity index (χ3v) is 4.91.